The molecule has 1 atom stereocenters. The molecule has 1 nitrogen and oxygen atoms in total. The minimum Gasteiger partial charge on any atom is -0.386 e. The molecule has 0 amide bonds. The molecule has 1 N–H and O–H groups in total. The minimum absolute atomic E-state index is 0.509. The molecule has 0 spiro atoms. The average Bonchev–Trinajstić information content (AvgIpc) is 2.03. The summed E-state index contributed by atoms with van der Waals surface area (Å²) >= 11 is 5.61. The fourth-order valence-electron chi connectivity index (χ4n) is 0.803. The van der Waals surface area contributed by atoms with Crippen molar-refractivity contribution < 1.29 is 9.50 Å². The number of benzene rings is 1. The standard InChI is InChI=1S/C8H8ClFO/c9-7-3-1-2-6(4-7)8(11)5-10/h1-4,8,11H,5H2. The number of hydrogen-bond donors (Lipinski definition) is 1. The fraction of sp³-hybridized carbons (Fsp3) is 0.250. The molecule has 1 rings (SSSR count). The zero-order valence-electron chi connectivity index (χ0n) is 5.80. The van der Waals surface area contributed by atoms with Crippen LogP contribution in [-0.4, -0.2) is 11.8 Å². The maximum atomic E-state index is 11.9. The van der Waals surface area contributed by atoms with Crippen LogP contribution >= 0.6 is 11.6 Å². The molecule has 0 aliphatic heterocycles. The lowest BCUT2D eigenvalue weighted by molar-refractivity contribution is 0.142. The van der Waals surface area contributed by atoms with E-state index in [-0.39, 0.29) is 0 Å². The summed E-state index contributed by atoms with van der Waals surface area (Å²) in [6.45, 7) is -0.777. The first-order valence-electron chi connectivity index (χ1n) is 3.23. The lowest BCUT2D eigenvalue weighted by atomic mass is 10.1. The number of halogens is 2. The Morgan fingerprint density at radius 2 is 2.27 bits per heavy atom. The smallest absolute Gasteiger partial charge is 0.119 e. The topological polar surface area (TPSA) is 20.2 Å². The van der Waals surface area contributed by atoms with E-state index in [9.17, 15) is 4.39 Å². The van der Waals surface area contributed by atoms with E-state index in [1.54, 1.807) is 24.3 Å². The zero-order chi connectivity index (χ0) is 8.27. The number of alkyl halides is 1. The fourth-order valence-corrected chi connectivity index (χ4v) is 1.00. The normalized spacial score (nSPS) is 13.0. The summed E-state index contributed by atoms with van der Waals surface area (Å²) < 4.78 is 11.9. The Morgan fingerprint density at radius 3 is 2.82 bits per heavy atom. The van der Waals surface area contributed by atoms with Crippen LogP contribution in [0, 0.1) is 0 Å². The molecule has 0 heterocycles. The number of hydrogen-bond acceptors (Lipinski definition) is 1. The van der Waals surface area contributed by atoms with Gasteiger partial charge in [0.05, 0.1) is 0 Å². The van der Waals surface area contributed by atoms with Crippen LogP contribution in [0.1, 0.15) is 11.7 Å². The van der Waals surface area contributed by atoms with Crippen LogP contribution in [0.5, 0.6) is 0 Å². The Bertz CT molecular complexity index is 239. The SMILES string of the molecule is OC(CF)c1cccc(Cl)c1. The first-order valence-corrected chi connectivity index (χ1v) is 3.61. The van der Waals surface area contributed by atoms with E-state index in [2.05, 4.69) is 0 Å². The van der Waals surface area contributed by atoms with Crippen molar-refractivity contribution in [1.29, 1.82) is 0 Å². The highest BCUT2D eigenvalue weighted by Crippen LogP contribution is 2.17. The van der Waals surface area contributed by atoms with E-state index in [4.69, 9.17) is 16.7 Å². The van der Waals surface area contributed by atoms with Crippen molar-refractivity contribution in [3.05, 3.63) is 34.9 Å². The van der Waals surface area contributed by atoms with Crippen molar-refractivity contribution in [3.8, 4) is 0 Å². The van der Waals surface area contributed by atoms with Crippen LogP contribution in [0.15, 0.2) is 24.3 Å². The van der Waals surface area contributed by atoms with E-state index in [0.717, 1.165) is 0 Å². The second kappa shape index (κ2) is 3.69. The van der Waals surface area contributed by atoms with E-state index in [1.807, 2.05) is 0 Å². The van der Waals surface area contributed by atoms with Gasteiger partial charge in [0.15, 0.2) is 0 Å². The van der Waals surface area contributed by atoms with E-state index < -0.39 is 12.8 Å². The monoisotopic (exact) mass is 174 g/mol. The highest BCUT2D eigenvalue weighted by Gasteiger charge is 2.05. The summed E-state index contributed by atoms with van der Waals surface area (Å²) in [5.74, 6) is 0. The first kappa shape index (κ1) is 8.50. The second-order valence-corrected chi connectivity index (χ2v) is 2.66. The molecule has 0 radical (unpaired) electrons. The summed E-state index contributed by atoms with van der Waals surface area (Å²) in [6.07, 6.45) is -1.05. The van der Waals surface area contributed by atoms with Gasteiger partial charge in [0, 0.05) is 5.02 Å². The van der Waals surface area contributed by atoms with Gasteiger partial charge in [0.25, 0.3) is 0 Å². The first-order chi connectivity index (χ1) is 5.24. The molecule has 0 saturated heterocycles. The molecule has 1 aromatic rings. The Balaban J connectivity index is 2.86. The third-order valence-corrected chi connectivity index (χ3v) is 1.61. The molecule has 1 unspecified atom stereocenters. The molecule has 3 heteroatoms. The Morgan fingerprint density at radius 1 is 1.55 bits per heavy atom. The predicted octanol–water partition coefficient (Wildman–Crippen LogP) is 2.34. The van der Waals surface area contributed by atoms with E-state index in [0.29, 0.717) is 10.6 Å². The largest absolute Gasteiger partial charge is 0.386 e. The summed E-state index contributed by atoms with van der Waals surface area (Å²) in [7, 11) is 0. The van der Waals surface area contributed by atoms with Gasteiger partial charge in [-0.15, -0.1) is 0 Å². The molecular formula is C8H8ClFO. The summed E-state index contributed by atoms with van der Waals surface area (Å²) in [5.41, 5.74) is 0.514. The zero-order valence-corrected chi connectivity index (χ0v) is 6.55. The van der Waals surface area contributed by atoms with Crippen molar-refractivity contribution in [2.24, 2.45) is 0 Å². The van der Waals surface area contributed by atoms with Crippen LogP contribution in [-0.2, 0) is 0 Å². The van der Waals surface area contributed by atoms with Crippen LogP contribution < -0.4 is 0 Å². The molecule has 1 aromatic carbocycles. The lowest BCUT2D eigenvalue weighted by Gasteiger charge is -2.05. The molecule has 0 aliphatic carbocycles. The van der Waals surface area contributed by atoms with Crippen molar-refractivity contribution in [2.45, 2.75) is 6.10 Å². The lowest BCUT2D eigenvalue weighted by Crippen LogP contribution is -1.98. The Labute approximate surface area is 69.4 Å². The Kier molecular flexibility index (Phi) is 2.85. The van der Waals surface area contributed by atoms with Crippen LogP contribution in [0.2, 0.25) is 5.02 Å². The van der Waals surface area contributed by atoms with Crippen LogP contribution in [0.4, 0.5) is 4.39 Å². The maximum Gasteiger partial charge on any atom is 0.119 e. The van der Waals surface area contributed by atoms with Crippen molar-refractivity contribution in [2.75, 3.05) is 6.67 Å². The third kappa shape index (κ3) is 2.17. The summed E-state index contributed by atoms with van der Waals surface area (Å²) in [6, 6.07) is 6.54. The van der Waals surface area contributed by atoms with Gasteiger partial charge in [-0.1, -0.05) is 23.7 Å². The molecule has 0 saturated carbocycles. The van der Waals surface area contributed by atoms with Gasteiger partial charge in [0.2, 0.25) is 0 Å². The highest BCUT2D eigenvalue weighted by molar-refractivity contribution is 6.30. The van der Waals surface area contributed by atoms with E-state index >= 15 is 0 Å². The average molecular weight is 175 g/mol. The predicted molar refractivity (Wildman–Crippen MR) is 42.4 cm³/mol. The van der Waals surface area contributed by atoms with Crippen molar-refractivity contribution in [3.63, 3.8) is 0 Å². The van der Waals surface area contributed by atoms with Gasteiger partial charge < -0.3 is 5.11 Å². The highest BCUT2D eigenvalue weighted by atomic mass is 35.5. The molecule has 0 bridgehead atoms. The molecular weight excluding hydrogens is 167 g/mol. The van der Waals surface area contributed by atoms with E-state index in [1.165, 1.54) is 0 Å². The number of aliphatic hydroxyl groups excluding tert-OH is 1. The van der Waals surface area contributed by atoms with Crippen molar-refractivity contribution in [1.82, 2.24) is 0 Å². The van der Waals surface area contributed by atoms with Gasteiger partial charge >= 0.3 is 0 Å². The maximum absolute atomic E-state index is 11.9. The number of rotatable bonds is 2. The molecule has 0 aliphatic rings. The van der Waals surface area contributed by atoms with Gasteiger partial charge in [0.1, 0.15) is 12.8 Å². The van der Waals surface area contributed by atoms with Crippen LogP contribution in [0.25, 0.3) is 0 Å². The third-order valence-electron chi connectivity index (χ3n) is 1.38. The number of aliphatic hydroxyl groups is 1. The minimum atomic E-state index is -1.05. The Hall–Kier alpha value is -0.600. The molecule has 0 aromatic heterocycles. The molecule has 60 valence electrons. The summed E-state index contributed by atoms with van der Waals surface area (Å²) in [5, 5.41) is 9.53. The van der Waals surface area contributed by atoms with Crippen LogP contribution in [0.3, 0.4) is 0 Å². The molecule has 11 heavy (non-hydrogen) atoms. The van der Waals surface area contributed by atoms with Gasteiger partial charge in [-0.2, -0.15) is 0 Å². The summed E-state index contributed by atoms with van der Waals surface area (Å²) in [4.78, 5) is 0. The van der Waals surface area contributed by atoms with Gasteiger partial charge in [-0.25, -0.2) is 4.39 Å². The molecule has 0 fully saturated rings. The van der Waals surface area contributed by atoms with Gasteiger partial charge in [-0.05, 0) is 17.7 Å². The quantitative estimate of drug-likeness (QED) is 0.730. The second-order valence-electron chi connectivity index (χ2n) is 2.23. The van der Waals surface area contributed by atoms with Crippen molar-refractivity contribution >= 4 is 11.6 Å². The van der Waals surface area contributed by atoms with Gasteiger partial charge in [-0.3, -0.25) is 0 Å².